The van der Waals surface area contributed by atoms with Gasteiger partial charge in [0.05, 0.1) is 6.04 Å². The average Bonchev–Trinajstić information content (AvgIpc) is 3.00. The number of fused-ring (bicyclic) bond motifs is 1. The summed E-state index contributed by atoms with van der Waals surface area (Å²) in [5.74, 6) is 1.99. The largest absolute Gasteiger partial charge is 0.341 e. The molecule has 114 valence electrons. The van der Waals surface area contributed by atoms with Gasteiger partial charge in [-0.15, -0.1) is 10.2 Å². The third-order valence-electron chi connectivity index (χ3n) is 4.46. The second-order valence-electron chi connectivity index (χ2n) is 5.75. The van der Waals surface area contributed by atoms with Crippen LogP contribution in [0.4, 0.5) is 0 Å². The first-order valence-corrected chi connectivity index (χ1v) is 7.52. The van der Waals surface area contributed by atoms with Crippen LogP contribution in [0.25, 0.3) is 0 Å². The SMILES string of the molecule is CC(=O)N1CCc2nnc([C@H]3CCCN3C(C)=O)n2CC1. The molecule has 0 spiro atoms. The van der Waals surface area contributed by atoms with E-state index in [-0.39, 0.29) is 17.9 Å². The average molecular weight is 291 g/mol. The Bertz CT molecular complexity index is 568. The van der Waals surface area contributed by atoms with Crippen LogP contribution in [0.2, 0.25) is 0 Å². The number of hydrogen-bond donors (Lipinski definition) is 0. The first-order valence-electron chi connectivity index (χ1n) is 7.52. The third-order valence-corrected chi connectivity index (χ3v) is 4.46. The molecule has 0 bridgehead atoms. The quantitative estimate of drug-likeness (QED) is 0.749. The van der Waals surface area contributed by atoms with Crippen LogP contribution in [0, 0.1) is 0 Å². The van der Waals surface area contributed by atoms with E-state index in [9.17, 15) is 9.59 Å². The Labute approximate surface area is 123 Å². The predicted molar refractivity (Wildman–Crippen MR) is 75.3 cm³/mol. The zero-order valence-corrected chi connectivity index (χ0v) is 12.6. The summed E-state index contributed by atoms with van der Waals surface area (Å²) in [5, 5.41) is 8.63. The number of nitrogens with zero attached hydrogens (tertiary/aromatic N) is 5. The highest BCUT2D eigenvalue weighted by Gasteiger charge is 2.33. The van der Waals surface area contributed by atoms with Crippen molar-refractivity contribution < 1.29 is 9.59 Å². The van der Waals surface area contributed by atoms with E-state index in [0.29, 0.717) is 19.6 Å². The molecule has 2 amide bonds. The summed E-state index contributed by atoms with van der Waals surface area (Å²) in [5.41, 5.74) is 0. The summed E-state index contributed by atoms with van der Waals surface area (Å²) in [6.45, 7) is 6.08. The van der Waals surface area contributed by atoms with Crippen LogP contribution >= 0.6 is 0 Å². The van der Waals surface area contributed by atoms with Gasteiger partial charge in [-0.1, -0.05) is 0 Å². The number of aromatic nitrogens is 3. The van der Waals surface area contributed by atoms with Crippen molar-refractivity contribution in [3.63, 3.8) is 0 Å². The van der Waals surface area contributed by atoms with E-state index in [0.717, 1.165) is 37.5 Å². The van der Waals surface area contributed by atoms with Crippen molar-refractivity contribution in [3.05, 3.63) is 11.6 Å². The van der Waals surface area contributed by atoms with Crippen LogP contribution in [0.3, 0.4) is 0 Å². The lowest BCUT2D eigenvalue weighted by Gasteiger charge is -2.23. The van der Waals surface area contributed by atoms with Crippen LogP contribution in [0.1, 0.15) is 44.4 Å². The second-order valence-corrected chi connectivity index (χ2v) is 5.75. The van der Waals surface area contributed by atoms with Gasteiger partial charge in [0.25, 0.3) is 0 Å². The second kappa shape index (κ2) is 5.46. The molecule has 0 aliphatic carbocycles. The monoisotopic (exact) mass is 291 g/mol. The van der Waals surface area contributed by atoms with Crippen molar-refractivity contribution in [2.75, 3.05) is 19.6 Å². The van der Waals surface area contributed by atoms with Crippen LogP contribution in [-0.4, -0.2) is 56.0 Å². The molecule has 1 fully saturated rings. The van der Waals surface area contributed by atoms with Gasteiger partial charge < -0.3 is 14.4 Å². The summed E-state index contributed by atoms with van der Waals surface area (Å²) in [7, 11) is 0. The molecular weight excluding hydrogens is 270 g/mol. The van der Waals surface area contributed by atoms with Crippen LogP contribution in [-0.2, 0) is 22.6 Å². The highest BCUT2D eigenvalue weighted by molar-refractivity contribution is 5.74. The molecule has 2 aliphatic rings. The minimum Gasteiger partial charge on any atom is -0.341 e. The van der Waals surface area contributed by atoms with Gasteiger partial charge in [0.1, 0.15) is 5.82 Å². The molecule has 7 heteroatoms. The highest BCUT2D eigenvalue weighted by atomic mass is 16.2. The number of amides is 2. The fraction of sp³-hybridized carbons (Fsp3) is 0.714. The lowest BCUT2D eigenvalue weighted by atomic mass is 10.2. The fourth-order valence-electron chi connectivity index (χ4n) is 3.32. The van der Waals surface area contributed by atoms with E-state index < -0.39 is 0 Å². The fourth-order valence-corrected chi connectivity index (χ4v) is 3.32. The zero-order valence-electron chi connectivity index (χ0n) is 12.6. The lowest BCUT2D eigenvalue weighted by molar-refractivity contribution is -0.130. The predicted octanol–water partition coefficient (Wildman–Crippen LogP) is 0.366. The molecule has 1 atom stereocenters. The van der Waals surface area contributed by atoms with Crippen molar-refractivity contribution in [2.24, 2.45) is 0 Å². The molecular formula is C14H21N5O2. The van der Waals surface area contributed by atoms with Gasteiger partial charge in [-0.05, 0) is 12.8 Å². The molecule has 1 saturated heterocycles. The third kappa shape index (κ3) is 2.52. The van der Waals surface area contributed by atoms with Gasteiger partial charge in [-0.3, -0.25) is 9.59 Å². The van der Waals surface area contributed by atoms with Crippen molar-refractivity contribution >= 4 is 11.8 Å². The molecule has 0 radical (unpaired) electrons. The molecule has 0 N–H and O–H groups in total. The molecule has 0 aromatic carbocycles. The van der Waals surface area contributed by atoms with Crippen LogP contribution in [0.15, 0.2) is 0 Å². The van der Waals surface area contributed by atoms with E-state index in [1.54, 1.807) is 13.8 Å². The lowest BCUT2D eigenvalue weighted by Crippen LogP contribution is -2.32. The Balaban J connectivity index is 1.85. The summed E-state index contributed by atoms with van der Waals surface area (Å²) in [6.07, 6.45) is 2.67. The maximum absolute atomic E-state index is 11.7. The maximum Gasteiger partial charge on any atom is 0.220 e. The zero-order chi connectivity index (χ0) is 15.0. The molecule has 2 aliphatic heterocycles. The van der Waals surface area contributed by atoms with E-state index in [4.69, 9.17) is 0 Å². The van der Waals surface area contributed by atoms with Crippen molar-refractivity contribution in [1.82, 2.24) is 24.6 Å². The summed E-state index contributed by atoms with van der Waals surface area (Å²) in [6, 6.07) is 0.0348. The van der Waals surface area contributed by atoms with Gasteiger partial charge in [0.15, 0.2) is 5.82 Å². The number of carbonyl (C=O) groups excluding carboxylic acids is 2. The topological polar surface area (TPSA) is 71.3 Å². The summed E-state index contributed by atoms with van der Waals surface area (Å²) >= 11 is 0. The van der Waals surface area contributed by atoms with Gasteiger partial charge in [0, 0.05) is 46.4 Å². The first-order chi connectivity index (χ1) is 10.1. The Hall–Kier alpha value is -1.92. The van der Waals surface area contributed by atoms with Crippen LogP contribution < -0.4 is 0 Å². The van der Waals surface area contributed by atoms with E-state index in [1.807, 2.05) is 9.80 Å². The number of carbonyl (C=O) groups is 2. The highest BCUT2D eigenvalue weighted by Crippen LogP contribution is 2.31. The van der Waals surface area contributed by atoms with Crippen molar-refractivity contribution in [2.45, 2.75) is 45.7 Å². The van der Waals surface area contributed by atoms with Gasteiger partial charge >= 0.3 is 0 Å². The normalized spacial score (nSPS) is 22.1. The summed E-state index contributed by atoms with van der Waals surface area (Å²) in [4.78, 5) is 27.0. The molecule has 0 unspecified atom stereocenters. The van der Waals surface area contributed by atoms with Crippen molar-refractivity contribution in [1.29, 1.82) is 0 Å². The van der Waals surface area contributed by atoms with Crippen LogP contribution in [0.5, 0.6) is 0 Å². The molecule has 0 saturated carbocycles. The molecule has 21 heavy (non-hydrogen) atoms. The maximum atomic E-state index is 11.7. The molecule has 3 heterocycles. The van der Waals surface area contributed by atoms with E-state index in [2.05, 4.69) is 14.8 Å². The van der Waals surface area contributed by atoms with E-state index in [1.165, 1.54) is 0 Å². The minimum atomic E-state index is 0.0348. The minimum absolute atomic E-state index is 0.0348. The molecule has 3 rings (SSSR count). The number of likely N-dealkylation sites (tertiary alicyclic amines) is 1. The van der Waals surface area contributed by atoms with Crippen molar-refractivity contribution in [3.8, 4) is 0 Å². The van der Waals surface area contributed by atoms with Gasteiger partial charge in [-0.25, -0.2) is 0 Å². The van der Waals surface area contributed by atoms with Gasteiger partial charge in [0.2, 0.25) is 11.8 Å². The Morgan fingerprint density at radius 2 is 1.86 bits per heavy atom. The van der Waals surface area contributed by atoms with Gasteiger partial charge in [-0.2, -0.15) is 0 Å². The molecule has 1 aromatic rings. The Morgan fingerprint density at radius 1 is 1.05 bits per heavy atom. The first kappa shape index (κ1) is 14.0. The molecule has 7 nitrogen and oxygen atoms in total. The smallest absolute Gasteiger partial charge is 0.220 e. The van der Waals surface area contributed by atoms with E-state index >= 15 is 0 Å². The number of rotatable bonds is 1. The Kier molecular flexibility index (Phi) is 3.65. The summed E-state index contributed by atoms with van der Waals surface area (Å²) < 4.78 is 2.11. The molecule has 1 aromatic heterocycles. The number of hydrogen-bond acceptors (Lipinski definition) is 4. The Morgan fingerprint density at radius 3 is 2.57 bits per heavy atom. The standard InChI is InChI=1S/C14H21N5O2/c1-10(20)17-7-5-13-15-16-14(19(13)9-8-17)12-4-3-6-18(12)11(2)21/h12H,3-9H2,1-2H3/t12-/m1/s1.